The lowest BCUT2D eigenvalue weighted by Gasteiger charge is -2.18. The fourth-order valence-corrected chi connectivity index (χ4v) is 3.21. The van der Waals surface area contributed by atoms with E-state index in [1.54, 1.807) is 18.2 Å². The second kappa shape index (κ2) is 5.35. The lowest BCUT2D eigenvalue weighted by Crippen LogP contribution is -2.26. The highest BCUT2D eigenvalue weighted by molar-refractivity contribution is 6.75. The smallest absolute Gasteiger partial charge is 0.338 e. The Morgan fingerprint density at radius 2 is 1.89 bits per heavy atom. The van der Waals surface area contributed by atoms with Crippen molar-refractivity contribution in [3.8, 4) is 0 Å². The third-order valence-electron chi connectivity index (χ3n) is 2.52. The fourth-order valence-electron chi connectivity index (χ4n) is 1.77. The van der Waals surface area contributed by atoms with Gasteiger partial charge >= 0.3 is 5.97 Å². The molecule has 1 rings (SSSR count). The van der Waals surface area contributed by atoms with E-state index < -0.39 is 14.0 Å². The van der Waals surface area contributed by atoms with Crippen LogP contribution in [0.2, 0.25) is 19.6 Å². The summed E-state index contributed by atoms with van der Waals surface area (Å²) in [7, 11) is -0.0558. The number of esters is 1. The molecule has 1 aromatic carbocycles. The fraction of sp³-hybridized carbons (Fsp3) is 0.385. The van der Waals surface area contributed by atoms with Gasteiger partial charge in [-0.1, -0.05) is 19.6 Å². The van der Waals surface area contributed by atoms with E-state index in [0.717, 1.165) is 11.6 Å². The number of hydrogen-bond donors (Lipinski definition) is 1. The Kier molecular flexibility index (Phi) is 4.29. The first-order valence-electron chi connectivity index (χ1n) is 5.75. The van der Waals surface area contributed by atoms with Gasteiger partial charge in [0.1, 0.15) is 0 Å². The Labute approximate surface area is 108 Å². The summed E-state index contributed by atoms with van der Waals surface area (Å²) < 4.78 is 4.75. The van der Waals surface area contributed by atoms with E-state index in [9.17, 15) is 9.59 Å². The molecule has 0 aromatic heterocycles. The monoisotopic (exact) mass is 265 g/mol. The van der Waals surface area contributed by atoms with Crippen LogP contribution in [0.25, 0.3) is 0 Å². The van der Waals surface area contributed by atoms with E-state index in [0.29, 0.717) is 11.1 Å². The molecule has 5 heteroatoms. The van der Waals surface area contributed by atoms with Crippen molar-refractivity contribution in [1.82, 2.24) is 0 Å². The van der Waals surface area contributed by atoms with Crippen LogP contribution in [0.5, 0.6) is 0 Å². The summed E-state index contributed by atoms with van der Waals surface area (Å²) in [6, 6.07) is 5.68. The summed E-state index contributed by atoms with van der Waals surface area (Å²) in [5, 5.41) is 0. The van der Waals surface area contributed by atoms with Crippen LogP contribution in [-0.4, -0.2) is 27.1 Å². The van der Waals surface area contributed by atoms with Crippen molar-refractivity contribution in [3.63, 3.8) is 0 Å². The Bertz CT molecular complexity index is 478. The van der Waals surface area contributed by atoms with Crippen LogP contribution in [0.15, 0.2) is 18.2 Å². The SMILES string of the molecule is COC(=O)c1ccc(C(N)=O)cc1C[Si](C)(C)C. The normalized spacial score (nSPS) is 11.1. The van der Waals surface area contributed by atoms with Gasteiger partial charge in [-0.25, -0.2) is 4.79 Å². The topological polar surface area (TPSA) is 69.4 Å². The van der Waals surface area contributed by atoms with Crippen molar-refractivity contribution in [3.05, 3.63) is 34.9 Å². The number of carbonyl (C=O) groups is 2. The summed E-state index contributed by atoms with van der Waals surface area (Å²) >= 11 is 0. The molecular weight excluding hydrogens is 246 g/mol. The number of carbonyl (C=O) groups excluding carboxylic acids is 2. The summed E-state index contributed by atoms with van der Waals surface area (Å²) in [5.74, 6) is -0.859. The Morgan fingerprint density at radius 3 is 2.33 bits per heavy atom. The number of rotatable bonds is 4. The van der Waals surface area contributed by atoms with Gasteiger partial charge in [0.25, 0.3) is 0 Å². The summed E-state index contributed by atoms with van der Waals surface area (Å²) in [6.45, 7) is 6.60. The predicted octanol–water partition coefficient (Wildman–Crippen LogP) is 1.99. The Morgan fingerprint density at radius 1 is 1.28 bits per heavy atom. The van der Waals surface area contributed by atoms with Gasteiger partial charge in [-0.05, 0) is 29.8 Å². The average Bonchev–Trinajstić information content (AvgIpc) is 2.25. The van der Waals surface area contributed by atoms with E-state index in [2.05, 4.69) is 19.6 Å². The first-order valence-corrected chi connectivity index (χ1v) is 9.46. The van der Waals surface area contributed by atoms with Crippen LogP contribution in [0.1, 0.15) is 26.3 Å². The van der Waals surface area contributed by atoms with E-state index >= 15 is 0 Å². The molecule has 2 N–H and O–H groups in total. The lowest BCUT2D eigenvalue weighted by atomic mass is 10.0. The summed E-state index contributed by atoms with van der Waals surface area (Å²) in [6.07, 6.45) is 0. The number of primary amides is 1. The van der Waals surface area contributed by atoms with Crippen molar-refractivity contribution in [2.75, 3.05) is 7.11 Å². The van der Waals surface area contributed by atoms with Crippen LogP contribution in [0.3, 0.4) is 0 Å². The molecule has 0 fully saturated rings. The molecule has 1 amide bonds. The van der Waals surface area contributed by atoms with Crippen LogP contribution >= 0.6 is 0 Å². The molecular formula is C13H19NO3Si. The highest BCUT2D eigenvalue weighted by atomic mass is 28.3. The zero-order valence-corrected chi connectivity index (χ0v) is 12.2. The molecule has 4 nitrogen and oxygen atoms in total. The van der Waals surface area contributed by atoms with E-state index in [-0.39, 0.29) is 5.97 Å². The van der Waals surface area contributed by atoms with Crippen molar-refractivity contribution in [2.45, 2.75) is 25.7 Å². The maximum atomic E-state index is 11.7. The molecule has 0 bridgehead atoms. The predicted molar refractivity (Wildman–Crippen MR) is 73.3 cm³/mol. The number of ether oxygens (including phenoxy) is 1. The Hall–Kier alpha value is -1.62. The second-order valence-electron chi connectivity index (χ2n) is 5.47. The van der Waals surface area contributed by atoms with Crippen LogP contribution < -0.4 is 5.73 Å². The summed E-state index contributed by atoms with van der Waals surface area (Å²) in [5.41, 5.74) is 7.05. The molecule has 0 unspecified atom stereocenters. The van der Waals surface area contributed by atoms with Gasteiger partial charge < -0.3 is 10.5 Å². The number of methoxy groups -OCH3 is 1. The molecule has 0 heterocycles. The van der Waals surface area contributed by atoms with E-state index in [1.807, 2.05) is 0 Å². The number of nitrogens with two attached hydrogens (primary N) is 1. The van der Waals surface area contributed by atoms with Gasteiger partial charge in [0, 0.05) is 13.6 Å². The van der Waals surface area contributed by atoms with Crippen molar-refractivity contribution in [1.29, 1.82) is 0 Å². The van der Waals surface area contributed by atoms with Crippen molar-refractivity contribution in [2.24, 2.45) is 5.73 Å². The molecule has 0 radical (unpaired) electrons. The summed E-state index contributed by atoms with van der Waals surface area (Å²) in [4.78, 5) is 22.9. The number of hydrogen-bond acceptors (Lipinski definition) is 3. The minimum atomic E-state index is -1.41. The maximum Gasteiger partial charge on any atom is 0.338 e. The Balaban J connectivity index is 3.26. The molecule has 18 heavy (non-hydrogen) atoms. The van der Waals surface area contributed by atoms with E-state index in [1.165, 1.54) is 7.11 Å². The molecule has 0 aliphatic carbocycles. The van der Waals surface area contributed by atoms with Crippen molar-refractivity contribution < 1.29 is 14.3 Å². The zero-order valence-electron chi connectivity index (χ0n) is 11.2. The van der Waals surface area contributed by atoms with Gasteiger partial charge in [-0.3, -0.25) is 4.79 Å². The van der Waals surface area contributed by atoms with Crippen LogP contribution in [-0.2, 0) is 10.8 Å². The number of amides is 1. The molecule has 0 aliphatic heterocycles. The minimum Gasteiger partial charge on any atom is -0.465 e. The standard InChI is InChI=1S/C13H19NO3Si/c1-17-13(16)11-6-5-9(12(14)15)7-10(11)8-18(2,3)4/h5-7H,8H2,1-4H3,(H2,14,15). The van der Waals surface area contributed by atoms with Crippen molar-refractivity contribution >= 4 is 20.0 Å². The van der Waals surface area contributed by atoms with Gasteiger partial charge in [0.2, 0.25) is 5.91 Å². The largest absolute Gasteiger partial charge is 0.465 e. The third kappa shape index (κ3) is 3.70. The van der Waals surface area contributed by atoms with Crippen LogP contribution in [0, 0.1) is 0 Å². The lowest BCUT2D eigenvalue weighted by molar-refractivity contribution is 0.0599. The van der Waals surface area contributed by atoms with Gasteiger partial charge in [0.15, 0.2) is 0 Å². The van der Waals surface area contributed by atoms with E-state index in [4.69, 9.17) is 10.5 Å². The molecule has 0 aliphatic rings. The molecule has 0 atom stereocenters. The first-order chi connectivity index (χ1) is 8.24. The molecule has 0 spiro atoms. The highest BCUT2D eigenvalue weighted by Gasteiger charge is 2.20. The van der Waals surface area contributed by atoms with Crippen LogP contribution in [0.4, 0.5) is 0 Å². The van der Waals surface area contributed by atoms with Gasteiger partial charge in [0.05, 0.1) is 12.7 Å². The second-order valence-corrected chi connectivity index (χ2v) is 10.9. The molecule has 98 valence electrons. The molecule has 0 saturated carbocycles. The third-order valence-corrected chi connectivity index (χ3v) is 3.96. The minimum absolute atomic E-state index is 0.376. The first kappa shape index (κ1) is 14.4. The number of benzene rings is 1. The average molecular weight is 265 g/mol. The zero-order chi connectivity index (χ0) is 13.9. The van der Waals surface area contributed by atoms with Gasteiger partial charge in [-0.2, -0.15) is 0 Å². The quantitative estimate of drug-likeness (QED) is 0.668. The maximum absolute atomic E-state index is 11.7. The highest BCUT2D eigenvalue weighted by Crippen LogP contribution is 2.19. The van der Waals surface area contributed by atoms with Gasteiger partial charge in [-0.15, -0.1) is 0 Å². The molecule has 0 saturated heterocycles. The molecule has 1 aromatic rings.